The molecule has 0 unspecified atom stereocenters. The zero-order valence-electron chi connectivity index (χ0n) is 26.9. The van der Waals surface area contributed by atoms with Crippen LogP contribution >= 0.6 is 0 Å². The van der Waals surface area contributed by atoms with Gasteiger partial charge >= 0.3 is 18.1 Å². The maximum Gasteiger partial charge on any atom is 0.429 e. The van der Waals surface area contributed by atoms with E-state index in [9.17, 15) is 14.7 Å². The molecule has 2 aromatic carbocycles. The fourth-order valence-corrected chi connectivity index (χ4v) is 6.57. The summed E-state index contributed by atoms with van der Waals surface area (Å²) in [5.74, 6) is -1.82. The number of nitrogens with zero attached hydrogens (tertiary/aromatic N) is 5. The highest BCUT2D eigenvalue weighted by atomic mass is 19.4. The Hall–Kier alpha value is -5.18. The number of carbonyl (C=O) groups excluding carboxylic acids is 1. The van der Waals surface area contributed by atoms with Gasteiger partial charge in [-0.25, -0.2) is 9.48 Å². The molecule has 4 aromatic rings. The molecule has 0 amide bonds. The van der Waals surface area contributed by atoms with Crippen LogP contribution in [0, 0.1) is 12.3 Å². The molecule has 0 radical (unpaired) electrons. The molecule has 4 heterocycles. The Bertz CT molecular complexity index is 1860. The van der Waals surface area contributed by atoms with Gasteiger partial charge in [-0.05, 0) is 73.9 Å². The molecule has 2 fully saturated rings. The lowest BCUT2D eigenvalue weighted by atomic mass is 9.76. The lowest BCUT2D eigenvalue weighted by molar-refractivity contribution is -0.198. The summed E-state index contributed by atoms with van der Waals surface area (Å²) in [6.45, 7) is 5.09. The molecule has 15 heteroatoms. The predicted molar refractivity (Wildman–Crippen MR) is 173 cm³/mol. The van der Waals surface area contributed by atoms with Crippen LogP contribution < -0.4 is 20.7 Å². The number of hydrogen-bond donors (Lipinski definition) is 3. The minimum absolute atomic E-state index is 0.112. The summed E-state index contributed by atoms with van der Waals surface area (Å²) in [4.78, 5) is 34.4. The number of aryl methyl sites for hydroxylation is 1. The molecule has 0 aliphatic carbocycles. The SMILES string of the molecule is CCOC(=O)c1ccccc1-c1ccc(-n2ccc(C)n2)c([C@@H](Oc2cc(N3CCC4(CC3)CN[C@H](C(=O)O)C4)nc(N)n2)C(F)(F)F)c1. The summed E-state index contributed by atoms with van der Waals surface area (Å²) in [5, 5.41) is 16.8. The Morgan fingerprint density at radius 1 is 1.12 bits per heavy atom. The van der Waals surface area contributed by atoms with Crippen molar-refractivity contribution in [3.63, 3.8) is 0 Å². The van der Waals surface area contributed by atoms with Gasteiger partial charge < -0.3 is 30.5 Å². The number of alkyl halides is 3. The van der Waals surface area contributed by atoms with Crippen LogP contribution in [0.25, 0.3) is 16.8 Å². The molecule has 0 bridgehead atoms. The summed E-state index contributed by atoms with van der Waals surface area (Å²) in [5.41, 5.74) is 7.18. The van der Waals surface area contributed by atoms with E-state index in [1.54, 1.807) is 56.4 Å². The number of halogens is 3. The highest BCUT2D eigenvalue weighted by molar-refractivity contribution is 5.97. The fraction of sp³-hybridized carbons (Fsp3) is 0.382. The number of carboxylic acid groups (broad SMARTS) is 1. The number of benzene rings is 2. The molecule has 258 valence electrons. The monoisotopic (exact) mass is 679 g/mol. The second-order valence-electron chi connectivity index (χ2n) is 12.4. The Kier molecular flexibility index (Phi) is 9.20. The molecule has 2 saturated heterocycles. The molecule has 4 N–H and O–H groups in total. The van der Waals surface area contributed by atoms with E-state index in [-0.39, 0.29) is 40.7 Å². The average molecular weight is 680 g/mol. The van der Waals surface area contributed by atoms with Gasteiger partial charge in [0.1, 0.15) is 11.9 Å². The number of carbonyl (C=O) groups is 2. The van der Waals surface area contributed by atoms with E-state index in [1.807, 2.05) is 4.90 Å². The van der Waals surface area contributed by atoms with Gasteiger partial charge in [-0.15, -0.1) is 0 Å². The molecule has 12 nitrogen and oxygen atoms in total. The second kappa shape index (κ2) is 13.4. The normalized spacial score (nSPS) is 18.0. The lowest BCUT2D eigenvalue weighted by Gasteiger charge is -2.39. The van der Waals surface area contributed by atoms with Gasteiger partial charge in [-0.1, -0.05) is 24.3 Å². The van der Waals surface area contributed by atoms with Gasteiger partial charge in [0.15, 0.2) is 0 Å². The molecular formula is C34H36F3N7O5. The quantitative estimate of drug-likeness (QED) is 0.202. The average Bonchev–Trinajstić information content (AvgIpc) is 3.69. The van der Waals surface area contributed by atoms with Crippen LogP contribution in [0.4, 0.5) is 24.9 Å². The third-order valence-corrected chi connectivity index (χ3v) is 9.06. The molecule has 0 saturated carbocycles. The van der Waals surface area contributed by atoms with E-state index >= 15 is 13.2 Å². The fourth-order valence-electron chi connectivity index (χ4n) is 6.57. The molecular weight excluding hydrogens is 643 g/mol. The first kappa shape index (κ1) is 33.7. The number of nitrogen functional groups attached to an aromatic ring is 1. The van der Waals surface area contributed by atoms with Crippen LogP contribution in [-0.4, -0.2) is 75.3 Å². The standard InChI is InChI=1S/C34H36F3N7O5/c1-3-48-31(47)23-7-5-4-6-22(23)21-8-9-26(44-13-10-20(2)42-44)24(16-21)29(34(35,36)37)49-28-17-27(40-32(38)41-28)43-14-11-33(12-15-43)18-25(30(45)46)39-19-33/h4-10,13,16-17,25,29,39H,3,11-12,14-15,18-19H2,1-2H3,(H,45,46)(H2,38,40,41)/t25-,29+/m0/s1. The molecule has 2 atom stereocenters. The summed E-state index contributed by atoms with van der Waals surface area (Å²) < 4.78 is 57.5. The van der Waals surface area contributed by atoms with Crippen molar-refractivity contribution < 1.29 is 37.3 Å². The molecule has 49 heavy (non-hydrogen) atoms. The van der Waals surface area contributed by atoms with Crippen molar-refractivity contribution in [2.75, 3.05) is 36.9 Å². The van der Waals surface area contributed by atoms with Crippen LogP contribution in [0.3, 0.4) is 0 Å². The number of aliphatic carboxylic acids is 1. The molecule has 6 rings (SSSR count). The Morgan fingerprint density at radius 2 is 1.88 bits per heavy atom. The third kappa shape index (κ3) is 7.16. The van der Waals surface area contributed by atoms with E-state index in [0.717, 1.165) is 0 Å². The molecule has 2 aromatic heterocycles. The van der Waals surface area contributed by atoms with E-state index in [1.165, 1.54) is 22.9 Å². The first-order chi connectivity index (χ1) is 23.4. The van der Waals surface area contributed by atoms with Gasteiger partial charge in [0.05, 0.1) is 23.6 Å². The summed E-state index contributed by atoms with van der Waals surface area (Å²) in [7, 11) is 0. The molecule has 2 aliphatic heterocycles. The van der Waals surface area contributed by atoms with E-state index < -0.39 is 30.3 Å². The topological polar surface area (TPSA) is 158 Å². The van der Waals surface area contributed by atoms with Gasteiger partial charge in [0.25, 0.3) is 0 Å². The number of nitrogens with one attached hydrogen (secondary N) is 1. The van der Waals surface area contributed by atoms with Crippen LogP contribution in [0.5, 0.6) is 5.88 Å². The summed E-state index contributed by atoms with van der Waals surface area (Å²) in [6.07, 6.45) is -4.06. The van der Waals surface area contributed by atoms with Gasteiger partial charge in [-0.3, -0.25) is 4.79 Å². The Labute approximate surface area is 280 Å². The van der Waals surface area contributed by atoms with Crippen molar-refractivity contribution in [3.8, 4) is 22.7 Å². The van der Waals surface area contributed by atoms with Crippen molar-refractivity contribution in [2.24, 2.45) is 5.41 Å². The first-order valence-corrected chi connectivity index (χ1v) is 15.9. The van der Waals surface area contributed by atoms with Crippen molar-refractivity contribution in [1.82, 2.24) is 25.1 Å². The van der Waals surface area contributed by atoms with Gasteiger partial charge in [0, 0.05) is 37.5 Å². The van der Waals surface area contributed by atoms with Crippen molar-refractivity contribution in [1.29, 1.82) is 0 Å². The van der Waals surface area contributed by atoms with Crippen molar-refractivity contribution in [3.05, 3.63) is 77.6 Å². The number of esters is 1. The number of aromatic nitrogens is 4. The Morgan fingerprint density at radius 3 is 2.53 bits per heavy atom. The zero-order valence-corrected chi connectivity index (χ0v) is 26.9. The third-order valence-electron chi connectivity index (χ3n) is 9.06. The second-order valence-corrected chi connectivity index (χ2v) is 12.4. The lowest BCUT2D eigenvalue weighted by Crippen LogP contribution is -2.41. The maximum absolute atomic E-state index is 15.1. The smallest absolute Gasteiger partial charge is 0.429 e. The summed E-state index contributed by atoms with van der Waals surface area (Å²) in [6, 6.07) is 13.4. The number of piperidine rings is 1. The largest absolute Gasteiger partial charge is 0.480 e. The number of hydrogen-bond acceptors (Lipinski definition) is 10. The predicted octanol–water partition coefficient (Wildman–Crippen LogP) is 5.11. The maximum atomic E-state index is 15.1. The number of rotatable bonds is 9. The number of nitrogens with two attached hydrogens (primary N) is 1. The Balaban J connectivity index is 1.35. The van der Waals surface area contributed by atoms with E-state index in [4.69, 9.17) is 15.2 Å². The number of carboxylic acids is 1. The molecule has 1 spiro atoms. The highest BCUT2D eigenvalue weighted by Gasteiger charge is 2.46. The van der Waals surface area contributed by atoms with Gasteiger partial charge in [-0.2, -0.15) is 28.2 Å². The highest BCUT2D eigenvalue weighted by Crippen LogP contribution is 2.43. The zero-order chi connectivity index (χ0) is 34.9. The van der Waals surface area contributed by atoms with Crippen LogP contribution in [0.2, 0.25) is 0 Å². The minimum Gasteiger partial charge on any atom is -0.480 e. The minimum atomic E-state index is -4.93. The van der Waals surface area contributed by atoms with Crippen LogP contribution in [-0.2, 0) is 9.53 Å². The van der Waals surface area contributed by atoms with Crippen molar-refractivity contribution >= 4 is 23.7 Å². The van der Waals surface area contributed by atoms with E-state index in [2.05, 4.69) is 20.4 Å². The number of ether oxygens (including phenoxy) is 2. The summed E-state index contributed by atoms with van der Waals surface area (Å²) >= 11 is 0. The van der Waals surface area contributed by atoms with Crippen LogP contribution in [0.15, 0.2) is 60.8 Å². The van der Waals surface area contributed by atoms with Crippen LogP contribution in [0.1, 0.15) is 53.9 Å². The van der Waals surface area contributed by atoms with E-state index in [0.29, 0.717) is 61.5 Å². The van der Waals surface area contributed by atoms with Crippen molar-refractivity contribution in [2.45, 2.75) is 51.4 Å². The molecule has 2 aliphatic rings. The number of anilines is 2. The first-order valence-electron chi connectivity index (χ1n) is 15.9. The van der Waals surface area contributed by atoms with Gasteiger partial charge in [0.2, 0.25) is 17.9 Å².